The molecule has 42 heavy (non-hydrogen) atoms. The van der Waals surface area contributed by atoms with E-state index in [9.17, 15) is 18.4 Å². The van der Waals surface area contributed by atoms with Crippen molar-refractivity contribution in [2.75, 3.05) is 11.9 Å². The lowest BCUT2D eigenvalue weighted by Crippen LogP contribution is -2.52. The van der Waals surface area contributed by atoms with E-state index >= 15 is 0 Å². The number of anilines is 1. The van der Waals surface area contributed by atoms with E-state index in [1.54, 1.807) is 22.9 Å². The average Bonchev–Trinajstić information content (AvgIpc) is 3.36. The molecule has 9 nitrogen and oxygen atoms in total. The lowest BCUT2D eigenvalue weighted by atomic mass is 9.75. The fourth-order valence-electron chi connectivity index (χ4n) is 6.09. The van der Waals surface area contributed by atoms with Gasteiger partial charge in [0.1, 0.15) is 17.6 Å². The van der Waals surface area contributed by atoms with Crippen molar-refractivity contribution in [1.82, 2.24) is 25.3 Å². The summed E-state index contributed by atoms with van der Waals surface area (Å²) >= 11 is 0. The third-order valence-corrected chi connectivity index (χ3v) is 8.29. The number of halogens is 2. The van der Waals surface area contributed by atoms with Crippen molar-refractivity contribution in [2.24, 2.45) is 5.41 Å². The minimum absolute atomic E-state index is 0.0894. The van der Waals surface area contributed by atoms with E-state index in [0.29, 0.717) is 18.5 Å². The quantitative estimate of drug-likeness (QED) is 0.272. The Bertz CT molecular complexity index is 1650. The molecule has 2 aliphatic rings. The Kier molecular flexibility index (Phi) is 6.83. The summed E-state index contributed by atoms with van der Waals surface area (Å²) in [6.07, 6.45) is 2.90. The molecule has 6 rings (SSSR count). The maximum atomic E-state index is 14.9. The molecule has 218 valence electrons. The molecule has 0 bridgehead atoms. The van der Waals surface area contributed by atoms with E-state index in [-0.39, 0.29) is 29.7 Å². The number of carbonyl (C=O) groups excluding carboxylic acids is 2. The predicted octanol–water partition coefficient (Wildman–Crippen LogP) is 5.44. The van der Waals surface area contributed by atoms with Gasteiger partial charge >= 0.3 is 0 Å². The number of benzene rings is 2. The van der Waals surface area contributed by atoms with Crippen molar-refractivity contribution >= 4 is 17.5 Å². The van der Waals surface area contributed by atoms with Crippen LogP contribution in [0.15, 0.2) is 48.7 Å². The highest BCUT2D eigenvalue weighted by molar-refractivity contribution is 6.01. The first kappa shape index (κ1) is 27.6. The van der Waals surface area contributed by atoms with Crippen LogP contribution in [0.3, 0.4) is 0 Å². The largest absolute Gasteiger partial charge is 0.490 e. The molecule has 0 radical (unpaired) electrons. The van der Waals surface area contributed by atoms with Gasteiger partial charge in [0.25, 0.3) is 5.91 Å². The van der Waals surface area contributed by atoms with Gasteiger partial charge in [-0.2, -0.15) is 10.2 Å². The van der Waals surface area contributed by atoms with Crippen molar-refractivity contribution in [1.29, 1.82) is 0 Å². The lowest BCUT2D eigenvalue weighted by Gasteiger charge is -2.38. The van der Waals surface area contributed by atoms with E-state index in [2.05, 4.69) is 25.9 Å². The van der Waals surface area contributed by atoms with Gasteiger partial charge in [0, 0.05) is 52.1 Å². The summed E-state index contributed by atoms with van der Waals surface area (Å²) in [5.74, 6) is -3.44. The first-order valence-corrected chi connectivity index (χ1v) is 14.0. The number of aromatic nitrogens is 4. The lowest BCUT2D eigenvalue weighted by molar-refractivity contribution is -0.119. The minimum atomic E-state index is -1.16. The smallest absolute Gasteiger partial charge is 0.270 e. The molecule has 11 heteroatoms. The Balaban J connectivity index is 1.36. The van der Waals surface area contributed by atoms with E-state index < -0.39 is 40.8 Å². The highest BCUT2D eigenvalue weighted by atomic mass is 19.1. The second-order valence-electron chi connectivity index (χ2n) is 11.5. The second kappa shape index (κ2) is 10.4. The van der Waals surface area contributed by atoms with Gasteiger partial charge < -0.3 is 15.4 Å². The van der Waals surface area contributed by atoms with Crippen LogP contribution in [0.5, 0.6) is 5.75 Å². The molecule has 1 fully saturated rings. The monoisotopic (exact) mass is 574 g/mol. The summed E-state index contributed by atoms with van der Waals surface area (Å²) < 4.78 is 36.7. The van der Waals surface area contributed by atoms with Gasteiger partial charge in [0.05, 0.1) is 12.3 Å². The number of hydrogen-bond acceptors (Lipinski definition) is 5. The van der Waals surface area contributed by atoms with Gasteiger partial charge in [-0.1, -0.05) is 12.1 Å². The SMILES string of the molecule is Cc1n[nH]c(C)c1-c1ccc(NC(=O)[C@@H](NC(=O)c2ccnn2C(C)C)C2c3cc(F)cc(F)c3OCC23CC3)cc1. The molecule has 2 atom stereocenters. The van der Waals surface area contributed by atoms with Crippen LogP contribution in [0.25, 0.3) is 11.1 Å². The van der Waals surface area contributed by atoms with Crippen molar-refractivity contribution in [3.8, 4) is 16.9 Å². The van der Waals surface area contributed by atoms with Gasteiger partial charge in [-0.25, -0.2) is 8.78 Å². The molecule has 2 aromatic heterocycles. The molecular formula is C31H32F2N6O3. The van der Waals surface area contributed by atoms with Crippen LogP contribution in [0.4, 0.5) is 14.5 Å². The summed E-state index contributed by atoms with van der Waals surface area (Å²) in [7, 11) is 0. The molecule has 3 N–H and O–H groups in total. The van der Waals surface area contributed by atoms with E-state index in [4.69, 9.17) is 4.74 Å². The zero-order chi connectivity index (χ0) is 29.8. The number of aryl methyl sites for hydroxylation is 2. The fraction of sp³-hybridized carbons (Fsp3) is 0.355. The standard InChI is InChI=1S/C31H32F2N6O3/c1-16(2)39-24(9-12-34-39)29(40)36-27(26-22-13-20(32)14-23(33)28(22)42-15-31(26)10-11-31)30(41)35-21-7-5-19(6-8-21)25-17(3)37-38-18(25)4/h5-9,12-14,16,26-27H,10-11,15H2,1-4H3,(H,35,41)(H,36,40)(H,37,38)/t26?,27-/m0/s1. The predicted molar refractivity (Wildman–Crippen MR) is 152 cm³/mol. The highest BCUT2D eigenvalue weighted by Crippen LogP contribution is 2.61. The number of nitrogens with zero attached hydrogens (tertiary/aromatic N) is 3. The van der Waals surface area contributed by atoms with Gasteiger partial charge in [0.2, 0.25) is 5.91 Å². The molecule has 1 spiro atoms. The van der Waals surface area contributed by atoms with Gasteiger partial charge in [-0.15, -0.1) is 0 Å². The summed E-state index contributed by atoms with van der Waals surface area (Å²) in [6.45, 7) is 7.80. The van der Waals surface area contributed by atoms with Crippen LogP contribution in [0, 0.1) is 30.9 Å². The third-order valence-electron chi connectivity index (χ3n) is 8.29. The summed E-state index contributed by atoms with van der Waals surface area (Å²) in [4.78, 5) is 27.7. The number of aromatic amines is 1. The summed E-state index contributed by atoms with van der Waals surface area (Å²) in [5, 5.41) is 17.3. The molecule has 1 saturated carbocycles. The molecule has 0 saturated heterocycles. The maximum absolute atomic E-state index is 14.9. The van der Waals surface area contributed by atoms with Crippen LogP contribution in [0.2, 0.25) is 0 Å². The third kappa shape index (κ3) is 4.82. The summed E-state index contributed by atoms with van der Waals surface area (Å²) in [6, 6.07) is 9.60. The number of amides is 2. The fourth-order valence-corrected chi connectivity index (χ4v) is 6.09. The maximum Gasteiger partial charge on any atom is 0.270 e. The number of rotatable bonds is 7. The van der Waals surface area contributed by atoms with Crippen LogP contribution in [-0.2, 0) is 4.79 Å². The first-order chi connectivity index (χ1) is 20.1. The Morgan fingerprint density at radius 3 is 2.50 bits per heavy atom. The van der Waals surface area contributed by atoms with Crippen molar-refractivity contribution < 1.29 is 23.1 Å². The number of hydrogen-bond donors (Lipinski definition) is 3. The topological polar surface area (TPSA) is 114 Å². The summed E-state index contributed by atoms with van der Waals surface area (Å²) in [5.41, 5.74) is 4.19. The normalized spacial score (nSPS) is 17.5. The molecule has 2 aromatic carbocycles. The van der Waals surface area contributed by atoms with E-state index in [1.165, 1.54) is 12.3 Å². The van der Waals surface area contributed by atoms with E-state index in [0.717, 1.165) is 28.6 Å². The average molecular weight is 575 g/mol. The Morgan fingerprint density at radius 2 is 1.86 bits per heavy atom. The van der Waals surface area contributed by atoms with E-state index in [1.807, 2.05) is 39.8 Å². The molecule has 4 aromatic rings. The van der Waals surface area contributed by atoms with Gasteiger partial charge in [0.15, 0.2) is 11.6 Å². The first-order valence-electron chi connectivity index (χ1n) is 14.0. The van der Waals surface area contributed by atoms with Gasteiger partial charge in [-0.05, 0) is 70.4 Å². The Hall–Kier alpha value is -4.54. The highest BCUT2D eigenvalue weighted by Gasteiger charge is 2.58. The second-order valence-corrected chi connectivity index (χ2v) is 11.5. The molecule has 3 heterocycles. The van der Waals surface area contributed by atoms with Crippen LogP contribution in [0.1, 0.15) is 66.1 Å². The number of H-pyrrole nitrogens is 1. The van der Waals surface area contributed by atoms with Crippen molar-refractivity contribution in [3.63, 3.8) is 0 Å². The Labute approximate surface area is 241 Å². The number of fused-ring (bicyclic) bond motifs is 1. The van der Waals surface area contributed by atoms with Crippen LogP contribution in [-0.4, -0.2) is 44.4 Å². The minimum Gasteiger partial charge on any atom is -0.490 e. The number of nitrogens with one attached hydrogen (secondary N) is 3. The van der Waals surface area contributed by atoms with Crippen molar-refractivity contribution in [2.45, 2.75) is 58.5 Å². The number of carbonyl (C=O) groups is 2. The molecule has 1 aliphatic carbocycles. The molecule has 1 unspecified atom stereocenters. The molecular weight excluding hydrogens is 542 g/mol. The van der Waals surface area contributed by atoms with Gasteiger partial charge in [-0.3, -0.25) is 19.4 Å². The molecule has 1 aliphatic heterocycles. The number of ether oxygens (including phenoxy) is 1. The Morgan fingerprint density at radius 1 is 1.12 bits per heavy atom. The zero-order valence-electron chi connectivity index (χ0n) is 23.8. The molecule has 2 amide bonds. The van der Waals surface area contributed by atoms with Crippen LogP contribution >= 0.6 is 0 Å². The zero-order valence-corrected chi connectivity index (χ0v) is 23.8. The van der Waals surface area contributed by atoms with Crippen molar-refractivity contribution in [3.05, 3.63) is 82.9 Å². The van der Waals surface area contributed by atoms with Crippen LogP contribution < -0.4 is 15.4 Å².